The van der Waals surface area contributed by atoms with Gasteiger partial charge in [-0.1, -0.05) is 0 Å². The molecule has 0 aromatic carbocycles. The van der Waals surface area contributed by atoms with Gasteiger partial charge in [0, 0.05) is 25.4 Å². The Bertz CT molecular complexity index is 509. The molecule has 1 fully saturated rings. The van der Waals surface area contributed by atoms with E-state index in [-0.39, 0.29) is 24.0 Å². The van der Waals surface area contributed by atoms with Crippen LogP contribution < -0.4 is 5.14 Å². The summed E-state index contributed by atoms with van der Waals surface area (Å²) in [6, 6.07) is 1.85. The maximum Gasteiger partial charge on any atom is 0.222 e. The minimum Gasteiger partial charge on any atom is -0.472 e. The molecule has 1 aromatic rings. The fourth-order valence-corrected chi connectivity index (χ4v) is 3.09. The number of hydrogen-bond acceptors (Lipinski definition) is 4. The number of nitrogens with zero attached hydrogens (tertiary/aromatic N) is 1. The first-order chi connectivity index (χ1) is 8.44. The number of amides is 1. The van der Waals surface area contributed by atoms with Crippen LogP contribution in [0.2, 0.25) is 0 Å². The highest BCUT2D eigenvalue weighted by molar-refractivity contribution is 7.89. The van der Waals surface area contributed by atoms with Crippen molar-refractivity contribution in [2.24, 2.45) is 11.1 Å². The van der Waals surface area contributed by atoms with Crippen LogP contribution in [0.25, 0.3) is 0 Å². The van der Waals surface area contributed by atoms with Crippen LogP contribution in [-0.2, 0) is 21.2 Å². The van der Waals surface area contributed by atoms with Gasteiger partial charge in [-0.25, -0.2) is 13.6 Å². The molecule has 1 aliphatic heterocycles. The van der Waals surface area contributed by atoms with Crippen LogP contribution >= 0.6 is 0 Å². The summed E-state index contributed by atoms with van der Waals surface area (Å²) in [4.78, 5) is 13.4. The monoisotopic (exact) mass is 272 g/mol. The number of carbonyl (C=O) groups is 1. The predicted octanol–water partition coefficient (Wildman–Crippen LogP) is -0.0409. The van der Waals surface area contributed by atoms with E-state index in [4.69, 9.17) is 9.56 Å². The Kier molecular flexibility index (Phi) is 3.72. The van der Waals surface area contributed by atoms with Gasteiger partial charge >= 0.3 is 0 Å². The number of furan rings is 1. The zero-order valence-corrected chi connectivity index (χ0v) is 10.7. The lowest BCUT2D eigenvalue weighted by atomic mass is 10.1. The fraction of sp³-hybridized carbons (Fsp3) is 0.545. The lowest BCUT2D eigenvalue weighted by Crippen LogP contribution is -2.29. The van der Waals surface area contributed by atoms with E-state index >= 15 is 0 Å². The van der Waals surface area contributed by atoms with Crippen molar-refractivity contribution in [3.63, 3.8) is 0 Å². The van der Waals surface area contributed by atoms with Gasteiger partial charge in [0.1, 0.15) is 0 Å². The Morgan fingerprint density at radius 3 is 2.89 bits per heavy atom. The molecule has 7 heteroatoms. The highest BCUT2D eigenvalue weighted by Gasteiger charge is 2.31. The summed E-state index contributed by atoms with van der Waals surface area (Å²) in [5.74, 6) is -0.315. The standard InChI is InChI=1S/C11H16N2O4S/c12-18(15,16)8-10-5-11(14)13(6-10)3-1-9-2-4-17-7-9/h2,4,7,10H,1,3,5-6,8H2,(H2,12,15,16). The van der Waals surface area contributed by atoms with Crippen LogP contribution in [0.3, 0.4) is 0 Å². The predicted molar refractivity (Wildman–Crippen MR) is 65.1 cm³/mol. The molecule has 2 rings (SSSR count). The van der Waals surface area contributed by atoms with Gasteiger partial charge in [0.2, 0.25) is 15.9 Å². The molecule has 1 amide bonds. The molecule has 0 radical (unpaired) electrons. The number of nitrogens with two attached hydrogens (primary N) is 1. The van der Waals surface area contributed by atoms with Gasteiger partial charge in [0.05, 0.1) is 18.3 Å². The molecule has 6 nitrogen and oxygen atoms in total. The Hall–Kier alpha value is -1.34. The highest BCUT2D eigenvalue weighted by atomic mass is 32.2. The summed E-state index contributed by atoms with van der Waals surface area (Å²) >= 11 is 0. The molecule has 0 aliphatic carbocycles. The molecule has 0 saturated carbocycles. The minimum absolute atomic E-state index is 0.00727. The second kappa shape index (κ2) is 5.11. The van der Waals surface area contributed by atoms with Crippen molar-refractivity contribution in [1.29, 1.82) is 0 Å². The fourth-order valence-electron chi connectivity index (χ4n) is 2.21. The molecular formula is C11H16N2O4S. The van der Waals surface area contributed by atoms with Crippen LogP contribution in [-0.4, -0.2) is 38.1 Å². The Balaban J connectivity index is 1.86. The third kappa shape index (κ3) is 3.58. The molecule has 2 heterocycles. The normalized spacial score (nSPS) is 20.6. The third-order valence-corrected chi connectivity index (χ3v) is 3.95. The number of rotatable bonds is 5. The van der Waals surface area contributed by atoms with E-state index in [2.05, 4.69) is 0 Å². The third-order valence-electron chi connectivity index (χ3n) is 3.01. The number of sulfonamides is 1. The number of likely N-dealkylation sites (tertiary alicyclic amines) is 1. The lowest BCUT2D eigenvalue weighted by molar-refractivity contribution is -0.127. The van der Waals surface area contributed by atoms with E-state index in [0.29, 0.717) is 19.5 Å². The van der Waals surface area contributed by atoms with E-state index in [0.717, 1.165) is 5.56 Å². The molecule has 0 spiro atoms. The van der Waals surface area contributed by atoms with Crippen LogP contribution in [0.1, 0.15) is 12.0 Å². The molecule has 100 valence electrons. The first kappa shape index (κ1) is 13.1. The Labute approximate surface area is 106 Å². The SMILES string of the molecule is NS(=O)(=O)CC1CC(=O)N(CCc2ccoc2)C1. The number of hydrogen-bond donors (Lipinski definition) is 1. The number of primary sulfonamides is 1. The van der Waals surface area contributed by atoms with Crippen molar-refractivity contribution in [2.75, 3.05) is 18.8 Å². The quantitative estimate of drug-likeness (QED) is 0.813. The van der Waals surface area contributed by atoms with Crippen LogP contribution in [0.5, 0.6) is 0 Å². The van der Waals surface area contributed by atoms with Gasteiger partial charge in [0.15, 0.2) is 0 Å². The van der Waals surface area contributed by atoms with Gasteiger partial charge in [-0.2, -0.15) is 0 Å². The van der Waals surface area contributed by atoms with Crippen LogP contribution in [0.15, 0.2) is 23.0 Å². The summed E-state index contributed by atoms with van der Waals surface area (Å²) in [6.07, 6.45) is 4.21. The molecule has 0 bridgehead atoms. The Morgan fingerprint density at radius 1 is 1.50 bits per heavy atom. The minimum atomic E-state index is -3.51. The van der Waals surface area contributed by atoms with Gasteiger partial charge in [-0.05, 0) is 18.1 Å². The lowest BCUT2D eigenvalue weighted by Gasteiger charge is -2.15. The van der Waals surface area contributed by atoms with E-state index in [1.807, 2.05) is 6.07 Å². The zero-order valence-electron chi connectivity index (χ0n) is 9.91. The van der Waals surface area contributed by atoms with E-state index < -0.39 is 10.0 Å². The summed E-state index contributed by atoms with van der Waals surface area (Å²) in [5, 5.41) is 4.99. The van der Waals surface area contributed by atoms with E-state index in [1.54, 1.807) is 17.4 Å². The summed E-state index contributed by atoms with van der Waals surface area (Å²) < 4.78 is 26.9. The molecule has 1 unspecified atom stereocenters. The molecule has 1 aliphatic rings. The Morgan fingerprint density at radius 2 is 2.28 bits per heavy atom. The van der Waals surface area contributed by atoms with Crippen molar-refractivity contribution < 1.29 is 17.6 Å². The van der Waals surface area contributed by atoms with Crippen LogP contribution in [0.4, 0.5) is 0 Å². The summed E-state index contributed by atoms with van der Waals surface area (Å²) in [6.45, 7) is 1.05. The first-order valence-electron chi connectivity index (χ1n) is 5.73. The van der Waals surface area contributed by atoms with E-state index in [9.17, 15) is 13.2 Å². The smallest absolute Gasteiger partial charge is 0.222 e. The largest absolute Gasteiger partial charge is 0.472 e. The van der Waals surface area contributed by atoms with Gasteiger partial charge in [-0.15, -0.1) is 0 Å². The topological polar surface area (TPSA) is 93.6 Å². The van der Waals surface area contributed by atoms with Crippen molar-refractivity contribution in [3.05, 3.63) is 24.2 Å². The van der Waals surface area contributed by atoms with Crippen molar-refractivity contribution in [2.45, 2.75) is 12.8 Å². The maximum absolute atomic E-state index is 11.7. The van der Waals surface area contributed by atoms with Crippen molar-refractivity contribution >= 4 is 15.9 Å². The first-order valence-corrected chi connectivity index (χ1v) is 7.45. The molecule has 2 N–H and O–H groups in total. The second-order valence-corrected chi connectivity index (χ2v) is 6.28. The molecule has 1 atom stereocenters. The average molecular weight is 272 g/mol. The summed E-state index contributed by atoms with van der Waals surface area (Å²) in [5.41, 5.74) is 1.03. The van der Waals surface area contributed by atoms with Gasteiger partial charge in [-0.3, -0.25) is 4.79 Å². The molecule has 1 saturated heterocycles. The number of carbonyl (C=O) groups excluding carboxylic acids is 1. The highest BCUT2D eigenvalue weighted by Crippen LogP contribution is 2.19. The van der Waals surface area contributed by atoms with Gasteiger partial charge < -0.3 is 9.32 Å². The summed E-state index contributed by atoms with van der Waals surface area (Å²) in [7, 11) is -3.51. The van der Waals surface area contributed by atoms with Crippen molar-refractivity contribution in [3.8, 4) is 0 Å². The van der Waals surface area contributed by atoms with Gasteiger partial charge in [0.25, 0.3) is 0 Å². The molecule has 18 heavy (non-hydrogen) atoms. The van der Waals surface area contributed by atoms with Crippen molar-refractivity contribution in [1.82, 2.24) is 4.90 Å². The van der Waals surface area contributed by atoms with Crippen LogP contribution in [0, 0.1) is 5.92 Å². The average Bonchev–Trinajstić information content (AvgIpc) is 2.83. The molecular weight excluding hydrogens is 256 g/mol. The second-order valence-electron chi connectivity index (χ2n) is 4.62. The zero-order chi connectivity index (χ0) is 13.2. The maximum atomic E-state index is 11.7. The molecule has 1 aromatic heterocycles. The van der Waals surface area contributed by atoms with E-state index in [1.165, 1.54) is 0 Å².